The van der Waals surface area contributed by atoms with E-state index in [1.807, 2.05) is 6.92 Å². The van der Waals surface area contributed by atoms with Gasteiger partial charge in [-0.25, -0.2) is 8.42 Å². The summed E-state index contributed by atoms with van der Waals surface area (Å²) in [5, 5.41) is 1.16. The van der Waals surface area contributed by atoms with Gasteiger partial charge in [0.2, 0.25) is 9.84 Å². The van der Waals surface area contributed by atoms with Gasteiger partial charge in [-0.05, 0) is 32.0 Å². The molecule has 0 saturated heterocycles. The molecule has 5 nitrogen and oxygen atoms in total. The number of benzene rings is 2. The molecule has 0 amide bonds. The first kappa shape index (κ1) is 17.2. The van der Waals surface area contributed by atoms with E-state index in [1.165, 1.54) is 14.2 Å². The lowest BCUT2D eigenvalue weighted by Gasteiger charge is -2.14. The van der Waals surface area contributed by atoms with Crippen molar-refractivity contribution in [2.75, 3.05) is 14.2 Å². The van der Waals surface area contributed by atoms with Crippen molar-refractivity contribution >= 4 is 20.6 Å². The van der Waals surface area contributed by atoms with Gasteiger partial charge in [-0.1, -0.05) is 17.7 Å². The summed E-state index contributed by atoms with van der Waals surface area (Å²) in [6, 6.07) is 10.2. The zero-order valence-corrected chi connectivity index (χ0v) is 15.3. The van der Waals surface area contributed by atoms with Crippen LogP contribution < -0.4 is 9.47 Å². The van der Waals surface area contributed by atoms with Crippen LogP contribution in [0.4, 0.5) is 0 Å². The molecular weight excluding hydrogens is 338 g/mol. The van der Waals surface area contributed by atoms with E-state index in [4.69, 9.17) is 9.47 Å². The Kier molecular flexibility index (Phi) is 4.39. The van der Waals surface area contributed by atoms with Gasteiger partial charge in [-0.3, -0.25) is 4.98 Å². The molecule has 0 aliphatic rings. The standard InChI is InChI=1S/C19H19NO4S/c1-12-5-7-15(8-6-12)25(21,22)19-13(2)20-11-17-16(19)9-14(23-3)10-18(17)24-4/h5-11H,1-4H3. The molecule has 0 bridgehead atoms. The van der Waals surface area contributed by atoms with Crippen molar-refractivity contribution in [1.29, 1.82) is 0 Å². The molecule has 1 aromatic heterocycles. The van der Waals surface area contributed by atoms with Crippen LogP contribution in [0.25, 0.3) is 10.8 Å². The highest BCUT2D eigenvalue weighted by Crippen LogP contribution is 2.37. The molecule has 3 rings (SSSR count). The van der Waals surface area contributed by atoms with Crippen molar-refractivity contribution in [2.45, 2.75) is 23.6 Å². The first-order valence-corrected chi connectivity index (χ1v) is 9.20. The lowest BCUT2D eigenvalue weighted by Crippen LogP contribution is -2.07. The van der Waals surface area contributed by atoms with Crippen LogP contribution in [0.5, 0.6) is 11.5 Å². The smallest absolute Gasteiger partial charge is 0.209 e. The van der Waals surface area contributed by atoms with E-state index in [1.54, 1.807) is 49.5 Å². The maximum atomic E-state index is 13.3. The monoisotopic (exact) mass is 357 g/mol. The largest absolute Gasteiger partial charge is 0.497 e. The van der Waals surface area contributed by atoms with Crippen molar-refractivity contribution in [3.05, 3.63) is 53.9 Å². The molecule has 0 N–H and O–H groups in total. The van der Waals surface area contributed by atoms with Gasteiger partial charge in [-0.15, -0.1) is 0 Å². The fourth-order valence-electron chi connectivity index (χ4n) is 2.80. The third kappa shape index (κ3) is 2.93. The highest BCUT2D eigenvalue weighted by molar-refractivity contribution is 7.91. The van der Waals surface area contributed by atoms with E-state index in [2.05, 4.69) is 4.98 Å². The Bertz CT molecular complexity index is 1040. The molecule has 2 aromatic carbocycles. The molecule has 1 heterocycles. The van der Waals surface area contributed by atoms with Crippen LogP contribution in [0.3, 0.4) is 0 Å². The first-order chi connectivity index (χ1) is 11.9. The molecule has 3 aromatic rings. The summed E-state index contributed by atoms with van der Waals surface area (Å²) in [5.74, 6) is 1.04. The van der Waals surface area contributed by atoms with Crippen LogP contribution in [0.2, 0.25) is 0 Å². The first-order valence-electron chi connectivity index (χ1n) is 7.71. The summed E-state index contributed by atoms with van der Waals surface area (Å²) in [6.07, 6.45) is 1.62. The molecule has 0 spiro atoms. The molecule has 130 valence electrons. The van der Waals surface area contributed by atoms with Crippen LogP contribution in [0.15, 0.2) is 52.4 Å². The lowest BCUT2D eigenvalue weighted by molar-refractivity contribution is 0.398. The zero-order chi connectivity index (χ0) is 18.2. The summed E-state index contributed by atoms with van der Waals surface area (Å²) in [6.45, 7) is 3.60. The van der Waals surface area contributed by atoms with Gasteiger partial charge in [0.05, 0.1) is 24.8 Å². The summed E-state index contributed by atoms with van der Waals surface area (Å²) in [7, 11) is -0.676. The summed E-state index contributed by atoms with van der Waals surface area (Å²) >= 11 is 0. The number of ether oxygens (including phenoxy) is 2. The maximum Gasteiger partial charge on any atom is 0.209 e. The SMILES string of the molecule is COc1cc(OC)c2cnc(C)c(S(=O)(=O)c3ccc(C)cc3)c2c1. The minimum absolute atomic E-state index is 0.172. The van der Waals surface area contributed by atoms with Crippen molar-refractivity contribution < 1.29 is 17.9 Å². The van der Waals surface area contributed by atoms with E-state index in [0.29, 0.717) is 28.0 Å². The molecule has 0 fully saturated rings. The van der Waals surface area contributed by atoms with Crippen LogP contribution in [0.1, 0.15) is 11.3 Å². The third-order valence-corrected chi connectivity index (χ3v) is 6.08. The van der Waals surface area contributed by atoms with Crippen molar-refractivity contribution in [3.63, 3.8) is 0 Å². The molecule has 0 saturated carbocycles. The van der Waals surface area contributed by atoms with Gasteiger partial charge in [0.1, 0.15) is 16.4 Å². The number of fused-ring (bicyclic) bond motifs is 1. The number of hydrogen-bond donors (Lipinski definition) is 0. The van der Waals surface area contributed by atoms with Crippen molar-refractivity contribution in [2.24, 2.45) is 0 Å². The molecular formula is C19H19NO4S. The Labute approximate surface area is 147 Å². The van der Waals surface area contributed by atoms with Crippen LogP contribution in [-0.4, -0.2) is 27.6 Å². The van der Waals surface area contributed by atoms with Crippen LogP contribution >= 0.6 is 0 Å². The number of nitrogens with zero attached hydrogens (tertiary/aromatic N) is 1. The predicted octanol–water partition coefficient (Wildman–Crippen LogP) is 3.70. The predicted molar refractivity (Wildman–Crippen MR) is 96.2 cm³/mol. The average molecular weight is 357 g/mol. The summed E-state index contributed by atoms with van der Waals surface area (Å²) in [4.78, 5) is 4.69. The molecule has 0 atom stereocenters. The van der Waals surface area contributed by atoms with E-state index in [9.17, 15) is 8.42 Å². The number of pyridine rings is 1. The molecule has 0 aliphatic heterocycles. The molecule has 6 heteroatoms. The summed E-state index contributed by atoms with van der Waals surface area (Å²) < 4.78 is 37.2. The zero-order valence-electron chi connectivity index (χ0n) is 14.5. The summed E-state index contributed by atoms with van der Waals surface area (Å²) in [5.41, 5.74) is 1.43. The Morgan fingerprint density at radius 2 is 1.60 bits per heavy atom. The second-order valence-corrected chi connectivity index (χ2v) is 7.67. The number of methoxy groups -OCH3 is 2. The molecule has 0 unspecified atom stereocenters. The second-order valence-electron chi connectivity index (χ2n) is 5.78. The van der Waals surface area contributed by atoms with Gasteiger partial charge >= 0.3 is 0 Å². The fourth-order valence-corrected chi connectivity index (χ4v) is 4.43. The Hall–Kier alpha value is -2.60. The number of rotatable bonds is 4. The number of sulfone groups is 1. The van der Waals surface area contributed by atoms with E-state index >= 15 is 0 Å². The number of aromatic nitrogens is 1. The van der Waals surface area contributed by atoms with E-state index in [-0.39, 0.29) is 9.79 Å². The van der Waals surface area contributed by atoms with Gasteiger partial charge in [-0.2, -0.15) is 0 Å². The molecule has 25 heavy (non-hydrogen) atoms. The number of aryl methyl sites for hydroxylation is 2. The van der Waals surface area contributed by atoms with E-state index in [0.717, 1.165) is 5.56 Å². The van der Waals surface area contributed by atoms with Gasteiger partial charge in [0.25, 0.3) is 0 Å². The van der Waals surface area contributed by atoms with Gasteiger partial charge in [0.15, 0.2) is 0 Å². The third-order valence-electron chi connectivity index (χ3n) is 4.13. The molecule has 0 aliphatic carbocycles. The lowest BCUT2D eigenvalue weighted by atomic mass is 10.1. The van der Waals surface area contributed by atoms with Gasteiger partial charge < -0.3 is 9.47 Å². The number of hydrogen-bond acceptors (Lipinski definition) is 5. The highest BCUT2D eigenvalue weighted by atomic mass is 32.2. The van der Waals surface area contributed by atoms with E-state index < -0.39 is 9.84 Å². The Balaban J connectivity index is 2.38. The quantitative estimate of drug-likeness (QED) is 0.712. The minimum atomic E-state index is -3.74. The van der Waals surface area contributed by atoms with Crippen LogP contribution in [-0.2, 0) is 9.84 Å². The van der Waals surface area contributed by atoms with Gasteiger partial charge in [0, 0.05) is 23.0 Å². The maximum absolute atomic E-state index is 13.3. The second kappa shape index (κ2) is 6.37. The highest BCUT2D eigenvalue weighted by Gasteiger charge is 2.25. The van der Waals surface area contributed by atoms with Crippen molar-refractivity contribution in [1.82, 2.24) is 4.98 Å². The minimum Gasteiger partial charge on any atom is -0.497 e. The normalized spacial score (nSPS) is 11.5. The molecule has 0 radical (unpaired) electrons. The Morgan fingerprint density at radius 3 is 2.20 bits per heavy atom. The Morgan fingerprint density at radius 1 is 0.920 bits per heavy atom. The topological polar surface area (TPSA) is 65.5 Å². The van der Waals surface area contributed by atoms with Crippen molar-refractivity contribution in [3.8, 4) is 11.5 Å². The average Bonchev–Trinajstić information content (AvgIpc) is 2.60. The fraction of sp³-hybridized carbons (Fsp3) is 0.211. The van der Waals surface area contributed by atoms with Crippen LogP contribution in [0, 0.1) is 13.8 Å².